The van der Waals surface area contributed by atoms with Crippen molar-refractivity contribution in [2.24, 2.45) is 0 Å². The van der Waals surface area contributed by atoms with Gasteiger partial charge >= 0.3 is 0 Å². The topological polar surface area (TPSA) is 0 Å². The highest BCUT2D eigenvalue weighted by molar-refractivity contribution is 5.73. The molecule has 0 spiro atoms. The lowest BCUT2D eigenvalue weighted by atomic mass is 10.0. The first kappa shape index (κ1) is 10.4. The Morgan fingerprint density at radius 1 is 0.875 bits per heavy atom. The minimum atomic E-state index is 0.909. The van der Waals surface area contributed by atoms with Crippen molar-refractivity contribution in [1.82, 2.24) is 0 Å². The van der Waals surface area contributed by atoms with Gasteiger partial charge in [0.05, 0.1) is 0 Å². The van der Waals surface area contributed by atoms with Crippen molar-refractivity contribution in [2.45, 2.75) is 0 Å². The van der Waals surface area contributed by atoms with E-state index in [0.717, 1.165) is 16.7 Å². The molecule has 0 aliphatic heterocycles. The highest BCUT2D eigenvalue weighted by Gasteiger charge is 1.96. The van der Waals surface area contributed by atoms with Crippen molar-refractivity contribution in [2.75, 3.05) is 0 Å². The summed E-state index contributed by atoms with van der Waals surface area (Å²) in [7, 11) is 0. The highest BCUT2D eigenvalue weighted by atomic mass is 14.0. The Hall–Kier alpha value is -2.08. The molecule has 16 heavy (non-hydrogen) atoms. The molecule has 0 heterocycles. The van der Waals surface area contributed by atoms with Gasteiger partial charge in [0, 0.05) is 0 Å². The van der Waals surface area contributed by atoms with Crippen LogP contribution in [0.4, 0.5) is 0 Å². The van der Waals surface area contributed by atoms with Crippen LogP contribution in [0.1, 0.15) is 11.1 Å². The molecule has 0 N–H and O–H groups in total. The maximum atomic E-state index is 5.63. The van der Waals surface area contributed by atoms with Crippen LogP contribution >= 0.6 is 0 Å². The van der Waals surface area contributed by atoms with Gasteiger partial charge in [0.15, 0.2) is 0 Å². The molecule has 0 heteroatoms. The monoisotopic (exact) mass is 204 g/mol. The van der Waals surface area contributed by atoms with Gasteiger partial charge in [-0.3, -0.25) is 0 Å². The van der Waals surface area contributed by atoms with E-state index in [0.29, 0.717) is 0 Å². The zero-order valence-corrected chi connectivity index (χ0v) is 8.93. The molecule has 0 fully saturated rings. The van der Waals surface area contributed by atoms with E-state index < -0.39 is 0 Å². The molecule has 0 saturated heterocycles. The largest absolute Gasteiger partial charge is 0.0622 e. The first-order valence-electron chi connectivity index (χ1n) is 5.19. The van der Waals surface area contributed by atoms with Crippen molar-refractivity contribution >= 4 is 5.57 Å². The van der Waals surface area contributed by atoms with Gasteiger partial charge < -0.3 is 0 Å². The Morgan fingerprint density at radius 3 is 2.00 bits per heavy atom. The summed E-state index contributed by atoms with van der Waals surface area (Å²) in [5, 5.41) is 0. The first-order valence-corrected chi connectivity index (χ1v) is 5.19. The summed E-state index contributed by atoms with van der Waals surface area (Å²) in [6.07, 6.45) is 4.87. The molecule has 2 rings (SSSR count). The zero-order chi connectivity index (χ0) is 11.2. The summed E-state index contributed by atoms with van der Waals surface area (Å²) in [5.41, 5.74) is 3.02. The van der Waals surface area contributed by atoms with Crippen LogP contribution in [0.25, 0.3) is 5.57 Å². The second-order valence-corrected chi connectivity index (χ2v) is 3.44. The van der Waals surface area contributed by atoms with Crippen molar-refractivity contribution < 1.29 is 0 Å². The van der Waals surface area contributed by atoms with Crippen LogP contribution < -0.4 is 0 Å². The first-order chi connectivity index (χ1) is 7.90. The molecule has 76 valence electrons. The smallest absolute Gasteiger partial charge is 0.00206 e. The van der Waals surface area contributed by atoms with E-state index in [2.05, 4.69) is 6.08 Å². The predicted molar refractivity (Wildman–Crippen MR) is 67.5 cm³/mol. The minimum Gasteiger partial charge on any atom is -0.0622 e. The summed E-state index contributed by atoms with van der Waals surface area (Å²) >= 11 is 0. The molecule has 2 aromatic rings. The lowest BCUT2D eigenvalue weighted by molar-refractivity contribution is 1.54. The van der Waals surface area contributed by atoms with Crippen LogP contribution in [0.3, 0.4) is 0 Å². The quantitative estimate of drug-likeness (QED) is 0.525. The Morgan fingerprint density at radius 2 is 1.44 bits per heavy atom. The Balaban J connectivity index is 2.38. The third kappa shape index (κ3) is 2.48. The second-order valence-electron chi connectivity index (χ2n) is 3.44. The van der Waals surface area contributed by atoms with Crippen LogP contribution in [0, 0.1) is 12.7 Å². The molecule has 0 saturated carbocycles. The number of rotatable bonds is 3. The molecule has 0 unspecified atom stereocenters. The fourth-order valence-corrected chi connectivity index (χ4v) is 1.50. The molecule has 0 nitrogen and oxygen atoms in total. The summed E-state index contributed by atoms with van der Waals surface area (Å²) < 4.78 is 0. The molecule has 2 aromatic carbocycles. The average molecular weight is 204 g/mol. The molecule has 0 atom stereocenters. The van der Waals surface area contributed by atoms with E-state index in [1.165, 1.54) is 0 Å². The number of hydrogen-bond donors (Lipinski definition) is 0. The maximum absolute atomic E-state index is 5.63. The van der Waals surface area contributed by atoms with Crippen molar-refractivity contribution in [3.05, 3.63) is 90.5 Å². The van der Waals surface area contributed by atoms with Gasteiger partial charge in [-0.15, -0.1) is 0 Å². The average Bonchev–Trinajstić information content (AvgIpc) is 2.38. The summed E-state index contributed by atoms with van der Waals surface area (Å²) in [4.78, 5) is 0. The summed E-state index contributed by atoms with van der Waals surface area (Å²) in [6, 6.07) is 20.0. The number of hydrogen-bond acceptors (Lipinski definition) is 0. The maximum Gasteiger partial charge on any atom is -0.00206 e. The molecule has 0 aliphatic carbocycles. The predicted octanol–water partition coefficient (Wildman–Crippen LogP) is 3.91. The normalized spacial score (nSPS) is 11.1. The SMILES string of the molecule is [CH]=CC(=[C]c1ccccc1)c1ccccc1. The van der Waals surface area contributed by atoms with E-state index in [9.17, 15) is 0 Å². The van der Waals surface area contributed by atoms with E-state index in [1.807, 2.05) is 60.7 Å². The Kier molecular flexibility index (Phi) is 3.35. The second kappa shape index (κ2) is 5.13. The van der Waals surface area contributed by atoms with Crippen molar-refractivity contribution in [3.8, 4) is 0 Å². The molecule has 0 aromatic heterocycles. The fraction of sp³-hybridized carbons (Fsp3) is 0. The van der Waals surface area contributed by atoms with Gasteiger partial charge in [-0.2, -0.15) is 0 Å². The van der Waals surface area contributed by atoms with Gasteiger partial charge in [-0.05, 0) is 22.8 Å². The molecule has 0 aliphatic rings. The molecule has 0 amide bonds. The van der Waals surface area contributed by atoms with Gasteiger partial charge in [-0.1, -0.05) is 73.3 Å². The van der Waals surface area contributed by atoms with Crippen LogP contribution in [0.5, 0.6) is 0 Å². The molecule has 2 radical (unpaired) electrons. The lowest BCUT2D eigenvalue weighted by Gasteiger charge is -2.01. The summed E-state index contributed by atoms with van der Waals surface area (Å²) in [5.74, 6) is 0. The molecular weight excluding hydrogens is 192 g/mol. The van der Waals surface area contributed by atoms with Crippen LogP contribution in [0.15, 0.2) is 66.7 Å². The van der Waals surface area contributed by atoms with Crippen molar-refractivity contribution in [1.29, 1.82) is 0 Å². The van der Waals surface area contributed by atoms with Gasteiger partial charge in [-0.25, -0.2) is 0 Å². The van der Waals surface area contributed by atoms with E-state index in [1.54, 1.807) is 6.08 Å². The van der Waals surface area contributed by atoms with Crippen LogP contribution in [-0.4, -0.2) is 0 Å². The van der Waals surface area contributed by atoms with Crippen LogP contribution in [0.2, 0.25) is 0 Å². The van der Waals surface area contributed by atoms with E-state index in [4.69, 9.17) is 6.58 Å². The number of allylic oxidation sites excluding steroid dienone is 2. The van der Waals surface area contributed by atoms with Gasteiger partial charge in [0.1, 0.15) is 0 Å². The molecule has 0 bridgehead atoms. The Bertz CT molecular complexity index is 478. The van der Waals surface area contributed by atoms with Gasteiger partial charge in [0.25, 0.3) is 0 Å². The Labute approximate surface area is 96.6 Å². The molecular formula is C16H12. The van der Waals surface area contributed by atoms with Gasteiger partial charge in [0.2, 0.25) is 0 Å². The van der Waals surface area contributed by atoms with E-state index >= 15 is 0 Å². The zero-order valence-electron chi connectivity index (χ0n) is 8.93. The lowest BCUT2D eigenvalue weighted by Crippen LogP contribution is -1.82. The third-order valence-electron chi connectivity index (χ3n) is 2.30. The van der Waals surface area contributed by atoms with Crippen LogP contribution in [-0.2, 0) is 0 Å². The third-order valence-corrected chi connectivity index (χ3v) is 2.30. The highest BCUT2D eigenvalue weighted by Crippen LogP contribution is 2.16. The standard InChI is InChI=1S/C16H12/c1-2-15(16-11-7-4-8-12-16)13-14-9-5-3-6-10-14/h1-12H. The minimum absolute atomic E-state index is 0.909. The van der Waals surface area contributed by atoms with E-state index in [-0.39, 0.29) is 0 Å². The summed E-state index contributed by atoms with van der Waals surface area (Å²) in [6.45, 7) is 5.63. The fourth-order valence-electron chi connectivity index (χ4n) is 1.50. The van der Waals surface area contributed by atoms with Crippen molar-refractivity contribution in [3.63, 3.8) is 0 Å². The number of benzene rings is 2.